The van der Waals surface area contributed by atoms with Gasteiger partial charge in [0.15, 0.2) is 6.10 Å². The van der Waals surface area contributed by atoms with Gasteiger partial charge in [-0.25, -0.2) is 9.59 Å². The Morgan fingerprint density at radius 1 is 0.975 bits per heavy atom. The number of carbonyl (C=O) groups is 4. The van der Waals surface area contributed by atoms with E-state index in [2.05, 4.69) is 27.9 Å². The summed E-state index contributed by atoms with van der Waals surface area (Å²) in [6.07, 6.45) is -0.604. The minimum atomic E-state index is -0.814. The third-order valence-corrected chi connectivity index (χ3v) is 8.98. The second kappa shape index (κ2) is 13.0. The van der Waals surface area contributed by atoms with Crippen LogP contribution in [0.15, 0.2) is 89.4 Å². The number of halogens is 1. The van der Waals surface area contributed by atoms with Crippen LogP contribution in [0.3, 0.4) is 0 Å². The molecule has 2 aliphatic rings. The number of thiophene rings is 1. The third kappa shape index (κ3) is 6.11. The van der Waals surface area contributed by atoms with Crippen LogP contribution in [-0.4, -0.2) is 56.9 Å². The summed E-state index contributed by atoms with van der Waals surface area (Å²) in [4.78, 5) is 55.0. The molecule has 0 saturated carbocycles. The number of carbonyl (C=O) groups excluding carboxylic acids is 4. The molecule has 1 saturated heterocycles. The Labute approximate surface area is 253 Å². The Kier molecular flexibility index (Phi) is 9.22. The van der Waals surface area contributed by atoms with Crippen molar-refractivity contribution in [1.29, 1.82) is 0 Å². The van der Waals surface area contributed by atoms with Gasteiger partial charge in [-0.15, -0.1) is 23.1 Å². The van der Waals surface area contributed by atoms with Gasteiger partial charge in [-0.2, -0.15) is 0 Å². The highest BCUT2D eigenvalue weighted by molar-refractivity contribution is 14.1. The van der Waals surface area contributed by atoms with E-state index in [0.29, 0.717) is 4.43 Å². The molecule has 0 radical (unpaired) electrons. The molecule has 206 valence electrons. The molecule has 1 fully saturated rings. The lowest BCUT2D eigenvalue weighted by molar-refractivity contribution is -0.155. The maximum Gasteiger partial charge on any atom is 0.356 e. The predicted molar refractivity (Wildman–Crippen MR) is 161 cm³/mol. The lowest BCUT2D eigenvalue weighted by Crippen LogP contribution is -2.71. The first-order valence-corrected chi connectivity index (χ1v) is 16.0. The van der Waals surface area contributed by atoms with Crippen molar-refractivity contribution in [1.82, 2.24) is 10.2 Å². The fraction of sp³-hybridized carbons (Fsp3) is 0.241. The molecule has 2 aromatic carbocycles. The molecule has 11 heteroatoms. The number of nitrogens with one attached hydrogen (secondary N) is 1. The van der Waals surface area contributed by atoms with E-state index in [4.69, 9.17) is 9.47 Å². The van der Waals surface area contributed by atoms with Crippen LogP contribution in [-0.2, 0) is 35.1 Å². The third-order valence-electron chi connectivity index (χ3n) is 6.38. The Hall–Kier alpha value is -3.16. The summed E-state index contributed by atoms with van der Waals surface area (Å²) in [5.41, 5.74) is 1.43. The molecule has 1 aromatic heterocycles. The Morgan fingerprint density at radius 2 is 1.65 bits per heavy atom. The summed E-state index contributed by atoms with van der Waals surface area (Å²) in [6.45, 7) is 0.172. The molecular formula is C29H25IN2O6S2. The number of thioether (sulfide) groups is 1. The van der Waals surface area contributed by atoms with E-state index in [1.165, 1.54) is 28.0 Å². The first-order chi connectivity index (χ1) is 19.5. The topological polar surface area (TPSA) is 102 Å². The largest absolute Gasteiger partial charge is 0.461 e. The fourth-order valence-electron chi connectivity index (χ4n) is 4.53. The average molecular weight is 689 g/mol. The number of alkyl halides is 1. The molecule has 1 unspecified atom stereocenters. The number of hydrogen-bond donors (Lipinski definition) is 1. The lowest BCUT2D eigenvalue weighted by Gasteiger charge is -2.49. The maximum absolute atomic E-state index is 13.8. The standard InChI is InChI=1S/C29H25IN2O6S2/c30-13-14-37-28(35)21-17-40-27-23(31-22(33)16-20-12-7-15-39-20)26(34)32(27)24(21)29(36)38-25(18-8-3-1-4-9-18)19-10-5-2-6-11-19/h1-12,15,23,25,27H,13-14,16-17H2,(H,31,33)/t23?,27-/m0/s1. The van der Waals surface area contributed by atoms with Crippen molar-refractivity contribution in [2.75, 3.05) is 16.8 Å². The molecule has 2 atom stereocenters. The van der Waals surface area contributed by atoms with Crippen LogP contribution < -0.4 is 5.32 Å². The van der Waals surface area contributed by atoms with Crippen molar-refractivity contribution < 1.29 is 28.7 Å². The summed E-state index contributed by atoms with van der Waals surface area (Å²) < 4.78 is 12.0. The second-order valence-corrected chi connectivity index (χ2v) is 12.2. The Bertz CT molecular complexity index is 1380. The number of amides is 2. The summed E-state index contributed by atoms with van der Waals surface area (Å²) >= 11 is 4.85. The quantitative estimate of drug-likeness (QED) is 0.147. The van der Waals surface area contributed by atoms with Crippen molar-refractivity contribution in [3.63, 3.8) is 0 Å². The van der Waals surface area contributed by atoms with Gasteiger partial charge in [0, 0.05) is 15.1 Å². The number of β-lactam (4-membered cyclic amide) rings is 1. The minimum absolute atomic E-state index is 0.0766. The van der Waals surface area contributed by atoms with E-state index in [1.807, 2.05) is 78.2 Å². The number of hydrogen-bond acceptors (Lipinski definition) is 8. The van der Waals surface area contributed by atoms with Crippen LogP contribution in [0.5, 0.6) is 0 Å². The van der Waals surface area contributed by atoms with Gasteiger partial charge in [-0.3, -0.25) is 14.5 Å². The van der Waals surface area contributed by atoms with Gasteiger partial charge in [0.05, 0.1) is 12.0 Å². The van der Waals surface area contributed by atoms with E-state index < -0.39 is 35.4 Å². The predicted octanol–water partition coefficient (Wildman–Crippen LogP) is 4.26. The lowest BCUT2D eigenvalue weighted by atomic mass is 10.0. The van der Waals surface area contributed by atoms with Gasteiger partial charge < -0.3 is 14.8 Å². The molecule has 1 N–H and O–H groups in total. The molecule has 2 amide bonds. The number of fused-ring (bicyclic) bond motifs is 1. The number of benzene rings is 2. The summed E-state index contributed by atoms with van der Waals surface area (Å²) in [6, 6.07) is 21.4. The van der Waals surface area contributed by atoms with Gasteiger partial charge in [0.1, 0.15) is 23.7 Å². The molecule has 0 aliphatic carbocycles. The monoisotopic (exact) mass is 688 g/mol. The first kappa shape index (κ1) is 28.4. The van der Waals surface area contributed by atoms with Crippen LogP contribution in [0.4, 0.5) is 0 Å². The van der Waals surface area contributed by atoms with Crippen LogP contribution in [0.25, 0.3) is 0 Å². The van der Waals surface area contributed by atoms with E-state index in [-0.39, 0.29) is 36.0 Å². The highest BCUT2D eigenvalue weighted by atomic mass is 127. The highest BCUT2D eigenvalue weighted by Crippen LogP contribution is 2.42. The Morgan fingerprint density at radius 3 is 2.25 bits per heavy atom. The molecule has 3 aromatic rings. The molecule has 0 bridgehead atoms. The second-order valence-electron chi connectivity index (χ2n) is 8.97. The van der Waals surface area contributed by atoms with Crippen LogP contribution in [0.2, 0.25) is 0 Å². The number of nitrogens with zero attached hydrogens (tertiary/aromatic N) is 1. The van der Waals surface area contributed by atoms with Crippen molar-refractivity contribution in [2.24, 2.45) is 0 Å². The Balaban J connectivity index is 1.42. The van der Waals surface area contributed by atoms with Crippen molar-refractivity contribution in [3.8, 4) is 0 Å². The smallest absolute Gasteiger partial charge is 0.356 e. The fourth-order valence-corrected chi connectivity index (χ4v) is 6.78. The molecule has 40 heavy (non-hydrogen) atoms. The first-order valence-electron chi connectivity index (χ1n) is 12.5. The van der Waals surface area contributed by atoms with Gasteiger partial charge in [-0.05, 0) is 22.6 Å². The van der Waals surface area contributed by atoms with Gasteiger partial charge in [0.25, 0.3) is 5.91 Å². The number of esters is 2. The molecular weight excluding hydrogens is 663 g/mol. The van der Waals surface area contributed by atoms with Crippen molar-refractivity contribution >= 4 is 69.4 Å². The SMILES string of the molecule is O=C(Cc1cccs1)NC1C(=O)N2C(C(=O)OC(c3ccccc3)c3ccccc3)=C(C(=O)OCCI)CS[C@@H]12. The zero-order valence-electron chi connectivity index (χ0n) is 21.2. The van der Waals surface area contributed by atoms with E-state index in [1.54, 1.807) is 0 Å². The average Bonchev–Trinajstić information content (AvgIpc) is 3.50. The van der Waals surface area contributed by atoms with Crippen LogP contribution >= 0.6 is 45.7 Å². The molecule has 0 spiro atoms. The molecule has 5 rings (SSSR count). The van der Waals surface area contributed by atoms with Crippen molar-refractivity contribution in [3.05, 3.63) is 105 Å². The maximum atomic E-state index is 13.8. The zero-order chi connectivity index (χ0) is 28.1. The van der Waals surface area contributed by atoms with E-state index in [9.17, 15) is 19.2 Å². The summed E-state index contributed by atoms with van der Waals surface area (Å²) in [5.74, 6) is -2.09. The summed E-state index contributed by atoms with van der Waals surface area (Å²) in [7, 11) is 0. The van der Waals surface area contributed by atoms with Gasteiger partial charge in [0.2, 0.25) is 5.91 Å². The molecule has 8 nitrogen and oxygen atoms in total. The molecule has 2 aliphatic heterocycles. The number of ether oxygens (including phenoxy) is 2. The van der Waals surface area contributed by atoms with Crippen molar-refractivity contribution in [2.45, 2.75) is 23.9 Å². The zero-order valence-corrected chi connectivity index (χ0v) is 24.9. The number of rotatable bonds is 10. The van der Waals surface area contributed by atoms with Crippen LogP contribution in [0.1, 0.15) is 22.1 Å². The normalized spacial score (nSPS) is 18.1. The summed E-state index contributed by atoms with van der Waals surface area (Å²) in [5, 5.41) is 4.14. The molecule has 3 heterocycles. The highest BCUT2D eigenvalue weighted by Gasteiger charge is 2.55. The van der Waals surface area contributed by atoms with E-state index in [0.717, 1.165) is 16.0 Å². The van der Waals surface area contributed by atoms with E-state index >= 15 is 0 Å². The minimum Gasteiger partial charge on any atom is -0.461 e. The van der Waals surface area contributed by atoms with Crippen LogP contribution in [0, 0.1) is 0 Å². The van der Waals surface area contributed by atoms with Gasteiger partial charge >= 0.3 is 11.9 Å². The van der Waals surface area contributed by atoms with Gasteiger partial charge in [-0.1, -0.05) is 89.3 Å².